The average molecular weight is 759 g/mol. The molecule has 0 aromatic heterocycles. The molecule has 0 atom stereocenters. The highest BCUT2D eigenvalue weighted by Crippen LogP contribution is 2.40. The van der Waals surface area contributed by atoms with Gasteiger partial charge in [0.15, 0.2) is 0 Å². The lowest BCUT2D eigenvalue weighted by molar-refractivity contribution is 0.0725. The van der Waals surface area contributed by atoms with Crippen LogP contribution in [-0.4, -0.2) is 26.2 Å². The van der Waals surface area contributed by atoms with Crippen molar-refractivity contribution in [2.45, 2.75) is 0 Å². The lowest BCUT2D eigenvalue weighted by Crippen LogP contribution is -2.08. The van der Waals surface area contributed by atoms with Gasteiger partial charge in [-0.25, -0.2) is 9.59 Å². The highest BCUT2D eigenvalue weighted by Gasteiger charge is 2.16. The molecule has 8 rings (SSSR count). The van der Waals surface area contributed by atoms with Crippen LogP contribution in [0.2, 0.25) is 0 Å². The zero-order chi connectivity index (χ0) is 39.8. The Morgan fingerprint density at radius 3 is 1.22 bits per heavy atom. The molecule has 0 saturated heterocycles. The zero-order valence-corrected chi connectivity index (χ0v) is 31.9. The standard InChI is InChI=1S/C52H38O6/c1-55-45-13-7-11-41(33-45)51(53)57-43-29-19-35(20-30-43)17-23-39-27-25-37-9-3-5-15-47(37)49(39)50-40(28-26-38-10-4-6-16-48(38)50)24-18-36-21-31-44(32-22-36)58-52(54)42-12-8-14-46(34-42)56-2/h3-34H,1-2H3/b23-17+,24-18+. The summed E-state index contributed by atoms with van der Waals surface area (Å²) in [5.41, 5.74) is 7.09. The first kappa shape index (κ1) is 37.2. The van der Waals surface area contributed by atoms with E-state index in [2.05, 4.69) is 97.1 Å². The van der Waals surface area contributed by atoms with Gasteiger partial charge >= 0.3 is 11.9 Å². The lowest BCUT2D eigenvalue weighted by atomic mass is 9.86. The van der Waals surface area contributed by atoms with Crippen molar-refractivity contribution in [3.63, 3.8) is 0 Å². The average Bonchev–Trinajstić information content (AvgIpc) is 3.28. The van der Waals surface area contributed by atoms with Crippen LogP contribution in [0.4, 0.5) is 0 Å². The predicted molar refractivity (Wildman–Crippen MR) is 234 cm³/mol. The Morgan fingerprint density at radius 1 is 0.397 bits per heavy atom. The van der Waals surface area contributed by atoms with Crippen LogP contribution in [0, 0.1) is 0 Å². The fraction of sp³-hybridized carbons (Fsp3) is 0.0385. The summed E-state index contributed by atoms with van der Waals surface area (Å²) in [6, 6.07) is 54.2. The Morgan fingerprint density at radius 2 is 0.810 bits per heavy atom. The van der Waals surface area contributed by atoms with Crippen LogP contribution in [0.3, 0.4) is 0 Å². The first-order valence-corrected chi connectivity index (χ1v) is 18.8. The minimum absolute atomic E-state index is 0.413. The number of esters is 2. The molecule has 0 amide bonds. The zero-order valence-electron chi connectivity index (χ0n) is 31.9. The minimum atomic E-state index is -0.453. The Bertz CT molecular complexity index is 2640. The van der Waals surface area contributed by atoms with Crippen molar-refractivity contribution in [2.24, 2.45) is 0 Å². The van der Waals surface area contributed by atoms with Crippen LogP contribution in [0.5, 0.6) is 23.0 Å². The Balaban J connectivity index is 1.10. The molecule has 0 heterocycles. The van der Waals surface area contributed by atoms with Crippen molar-refractivity contribution in [1.82, 2.24) is 0 Å². The minimum Gasteiger partial charge on any atom is -0.497 e. The normalized spacial score (nSPS) is 11.3. The van der Waals surface area contributed by atoms with Gasteiger partial charge in [-0.05, 0) is 116 Å². The number of carbonyl (C=O) groups is 2. The number of hydrogen-bond acceptors (Lipinski definition) is 6. The summed E-state index contributed by atoms with van der Waals surface area (Å²) in [7, 11) is 3.12. The van der Waals surface area contributed by atoms with E-state index in [-0.39, 0.29) is 0 Å². The van der Waals surface area contributed by atoms with Crippen LogP contribution in [0.25, 0.3) is 57.0 Å². The molecular formula is C52H38O6. The molecule has 0 bridgehead atoms. The van der Waals surface area contributed by atoms with Crippen molar-refractivity contribution in [1.29, 1.82) is 0 Å². The summed E-state index contributed by atoms with van der Waals surface area (Å²) in [6.07, 6.45) is 8.43. The number of carbonyl (C=O) groups excluding carboxylic acids is 2. The monoisotopic (exact) mass is 758 g/mol. The lowest BCUT2D eigenvalue weighted by Gasteiger charge is -2.17. The van der Waals surface area contributed by atoms with Gasteiger partial charge in [0, 0.05) is 0 Å². The number of hydrogen-bond donors (Lipinski definition) is 0. The summed E-state index contributed by atoms with van der Waals surface area (Å²) < 4.78 is 21.8. The van der Waals surface area contributed by atoms with E-state index >= 15 is 0 Å². The van der Waals surface area contributed by atoms with Gasteiger partial charge in [0.1, 0.15) is 23.0 Å². The summed E-state index contributed by atoms with van der Waals surface area (Å²) in [4.78, 5) is 25.6. The molecule has 0 aliphatic carbocycles. The van der Waals surface area contributed by atoms with Gasteiger partial charge in [0.25, 0.3) is 0 Å². The van der Waals surface area contributed by atoms with Crippen LogP contribution < -0.4 is 18.9 Å². The van der Waals surface area contributed by atoms with Crippen molar-refractivity contribution in [2.75, 3.05) is 14.2 Å². The highest BCUT2D eigenvalue weighted by molar-refractivity contribution is 6.11. The van der Waals surface area contributed by atoms with Crippen LogP contribution in [0.1, 0.15) is 43.0 Å². The summed E-state index contributed by atoms with van der Waals surface area (Å²) in [5.74, 6) is 1.18. The number of rotatable bonds is 11. The number of ether oxygens (including phenoxy) is 4. The van der Waals surface area contributed by atoms with E-state index < -0.39 is 11.9 Å². The van der Waals surface area contributed by atoms with E-state index in [1.165, 1.54) is 0 Å². The third kappa shape index (κ3) is 8.27. The Hall–Kier alpha value is -7.70. The number of methoxy groups -OCH3 is 2. The van der Waals surface area contributed by atoms with Crippen molar-refractivity contribution in [3.8, 4) is 34.1 Å². The van der Waals surface area contributed by atoms with Gasteiger partial charge in [-0.15, -0.1) is 0 Å². The first-order valence-electron chi connectivity index (χ1n) is 18.8. The van der Waals surface area contributed by atoms with Crippen molar-refractivity contribution < 1.29 is 28.5 Å². The highest BCUT2D eigenvalue weighted by atomic mass is 16.5. The molecule has 6 heteroatoms. The van der Waals surface area contributed by atoms with Crippen LogP contribution in [0.15, 0.2) is 170 Å². The quantitative estimate of drug-likeness (QED) is 0.0743. The molecule has 0 aliphatic heterocycles. The van der Waals surface area contributed by atoms with Crippen LogP contribution >= 0.6 is 0 Å². The van der Waals surface area contributed by atoms with Crippen molar-refractivity contribution in [3.05, 3.63) is 203 Å². The molecule has 58 heavy (non-hydrogen) atoms. The van der Waals surface area contributed by atoms with Gasteiger partial charge in [0.2, 0.25) is 0 Å². The van der Waals surface area contributed by atoms with E-state index in [1.54, 1.807) is 87.0 Å². The van der Waals surface area contributed by atoms with Crippen LogP contribution in [-0.2, 0) is 0 Å². The van der Waals surface area contributed by atoms with Crippen molar-refractivity contribution >= 4 is 57.8 Å². The first-order chi connectivity index (χ1) is 28.4. The Labute approximate surface area is 336 Å². The second-order valence-electron chi connectivity index (χ2n) is 13.5. The van der Waals surface area contributed by atoms with Gasteiger partial charge in [0.05, 0.1) is 25.3 Å². The predicted octanol–water partition coefficient (Wildman–Crippen LogP) is 12.5. The topological polar surface area (TPSA) is 71.1 Å². The molecule has 0 spiro atoms. The maximum Gasteiger partial charge on any atom is 0.343 e. The maximum absolute atomic E-state index is 12.8. The van der Waals surface area contributed by atoms with Gasteiger partial charge in [-0.1, -0.05) is 133 Å². The smallest absolute Gasteiger partial charge is 0.343 e. The van der Waals surface area contributed by atoms with E-state index in [1.807, 2.05) is 24.3 Å². The van der Waals surface area contributed by atoms with E-state index in [0.29, 0.717) is 34.1 Å². The summed E-state index contributed by atoms with van der Waals surface area (Å²) >= 11 is 0. The van der Waals surface area contributed by atoms with E-state index in [9.17, 15) is 9.59 Å². The van der Waals surface area contributed by atoms with Gasteiger partial charge in [-0.2, -0.15) is 0 Å². The molecule has 8 aromatic carbocycles. The molecule has 8 aromatic rings. The third-order valence-electron chi connectivity index (χ3n) is 9.88. The molecule has 0 saturated carbocycles. The molecular weight excluding hydrogens is 721 g/mol. The molecule has 0 aliphatic rings. The molecule has 6 nitrogen and oxygen atoms in total. The van der Waals surface area contributed by atoms with Gasteiger partial charge < -0.3 is 18.9 Å². The fourth-order valence-electron chi connectivity index (χ4n) is 6.91. The molecule has 0 unspecified atom stereocenters. The number of fused-ring (bicyclic) bond motifs is 2. The second kappa shape index (κ2) is 17.0. The Kier molecular flexibility index (Phi) is 10.9. The molecule has 0 N–H and O–H groups in total. The number of benzene rings is 8. The molecule has 0 fully saturated rings. The van der Waals surface area contributed by atoms with E-state index in [4.69, 9.17) is 18.9 Å². The largest absolute Gasteiger partial charge is 0.497 e. The molecule has 0 radical (unpaired) electrons. The summed E-state index contributed by atoms with van der Waals surface area (Å²) in [6.45, 7) is 0. The fourth-order valence-corrected chi connectivity index (χ4v) is 6.91. The van der Waals surface area contributed by atoms with E-state index in [0.717, 1.165) is 54.9 Å². The SMILES string of the molecule is COc1cccc(C(=O)Oc2ccc(/C=C/c3ccc4ccccc4c3-c3c(/C=C/c4ccc(OC(=O)c5cccc(OC)c5)cc4)ccc4ccccc34)cc2)c1. The summed E-state index contributed by atoms with van der Waals surface area (Å²) in [5, 5.41) is 4.55. The maximum atomic E-state index is 12.8. The second-order valence-corrected chi connectivity index (χ2v) is 13.5. The molecule has 282 valence electrons. The van der Waals surface area contributed by atoms with Gasteiger partial charge in [-0.3, -0.25) is 0 Å². The third-order valence-corrected chi connectivity index (χ3v) is 9.88.